The van der Waals surface area contributed by atoms with Crippen LogP contribution in [0.5, 0.6) is 0 Å². The van der Waals surface area contributed by atoms with Crippen molar-refractivity contribution >= 4 is 10.8 Å². The molecule has 1 aromatic heterocycles. The normalized spacial score (nSPS) is 12.2. The Labute approximate surface area is 210 Å². The lowest BCUT2D eigenvalue weighted by Gasteiger charge is -2.18. The summed E-state index contributed by atoms with van der Waals surface area (Å²) in [7, 11) is -1.15. The highest BCUT2D eigenvalue weighted by molar-refractivity contribution is 7.84. The summed E-state index contributed by atoms with van der Waals surface area (Å²) in [5.41, 5.74) is -2.42. The van der Waals surface area contributed by atoms with Gasteiger partial charge in [-0.1, -0.05) is 42.5 Å². The molecule has 0 amide bonds. The average molecular weight is 529 g/mol. The van der Waals surface area contributed by atoms with Crippen LogP contribution in [0.2, 0.25) is 0 Å². The summed E-state index contributed by atoms with van der Waals surface area (Å²) in [5, 5.41) is 9.32. The summed E-state index contributed by atoms with van der Waals surface area (Å²) in [6, 6.07) is 17.8. The molecule has 1 atom stereocenters. The van der Waals surface area contributed by atoms with Crippen molar-refractivity contribution in [3.05, 3.63) is 111 Å². The molecule has 0 aliphatic rings. The summed E-state index contributed by atoms with van der Waals surface area (Å²) in [4.78, 5) is 13.7. The molecule has 10 heteroatoms. The fourth-order valence-electron chi connectivity index (χ4n) is 3.87. The highest BCUT2D eigenvalue weighted by atomic mass is 32.2. The van der Waals surface area contributed by atoms with Crippen LogP contribution in [0, 0.1) is 23.0 Å². The van der Waals surface area contributed by atoms with Crippen LogP contribution in [0.25, 0.3) is 22.4 Å². The van der Waals surface area contributed by atoms with Gasteiger partial charge in [0.05, 0.1) is 17.8 Å². The van der Waals surface area contributed by atoms with E-state index in [0.717, 1.165) is 22.3 Å². The van der Waals surface area contributed by atoms with Crippen LogP contribution < -0.4 is 5.56 Å². The van der Waals surface area contributed by atoms with Gasteiger partial charge in [0, 0.05) is 33.6 Å². The summed E-state index contributed by atoms with van der Waals surface area (Å²) >= 11 is 0. The molecule has 0 aliphatic heterocycles. The third kappa shape index (κ3) is 5.37. The number of benzene rings is 3. The molecule has 4 nitrogen and oxygen atoms in total. The van der Waals surface area contributed by atoms with E-state index in [1.54, 1.807) is 42.7 Å². The first-order valence-corrected chi connectivity index (χ1v) is 12.3. The molecule has 0 fully saturated rings. The molecular weight excluding hydrogens is 511 g/mol. The lowest BCUT2D eigenvalue weighted by molar-refractivity contribution is -0.137. The SMILES string of the molecule is CS(=O)c1ccc(-c2ccc(-c3cc(C(F)(F)F)c(C#N)c(=O)n3Cc3ccc(F)cc3F)cc2)cc1. The topological polar surface area (TPSA) is 62.9 Å². The number of alkyl halides is 3. The second-order valence-corrected chi connectivity index (χ2v) is 9.49. The monoisotopic (exact) mass is 528 g/mol. The van der Waals surface area contributed by atoms with Crippen molar-refractivity contribution in [2.24, 2.45) is 0 Å². The third-order valence-electron chi connectivity index (χ3n) is 5.76. The lowest BCUT2D eigenvalue weighted by Crippen LogP contribution is -2.29. The van der Waals surface area contributed by atoms with E-state index < -0.39 is 51.8 Å². The van der Waals surface area contributed by atoms with Crippen molar-refractivity contribution in [3.63, 3.8) is 0 Å². The van der Waals surface area contributed by atoms with Gasteiger partial charge in [-0.05, 0) is 41.0 Å². The molecule has 0 saturated carbocycles. The Bertz CT molecular complexity index is 1600. The molecule has 0 saturated heterocycles. The Kier molecular flexibility index (Phi) is 7.09. The maximum atomic E-state index is 14.4. The van der Waals surface area contributed by atoms with Gasteiger partial charge in [-0.2, -0.15) is 18.4 Å². The van der Waals surface area contributed by atoms with Gasteiger partial charge in [0.25, 0.3) is 5.56 Å². The molecule has 37 heavy (non-hydrogen) atoms. The van der Waals surface area contributed by atoms with E-state index in [-0.39, 0.29) is 16.8 Å². The van der Waals surface area contributed by atoms with Crippen LogP contribution >= 0.6 is 0 Å². The third-order valence-corrected chi connectivity index (χ3v) is 6.70. The van der Waals surface area contributed by atoms with Crippen LogP contribution in [0.15, 0.2) is 82.5 Å². The quantitative estimate of drug-likeness (QED) is 0.293. The summed E-state index contributed by atoms with van der Waals surface area (Å²) in [5.74, 6) is -1.84. The Morgan fingerprint density at radius 3 is 1.97 bits per heavy atom. The van der Waals surface area contributed by atoms with E-state index in [0.29, 0.717) is 22.6 Å². The molecule has 3 aromatic carbocycles. The summed E-state index contributed by atoms with van der Waals surface area (Å²) < 4.78 is 81.4. The highest BCUT2D eigenvalue weighted by Crippen LogP contribution is 2.34. The number of rotatable bonds is 5. The Morgan fingerprint density at radius 1 is 0.892 bits per heavy atom. The second-order valence-electron chi connectivity index (χ2n) is 8.11. The van der Waals surface area contributed by atoms with Crippen molar-refractivity contribution in [2.45, 2.75) is 17.6 Å². The number of pyridine rings is 1. The van der Waals surface area contributed by atoms with Gasteiger partial charge in [0.15, 0.2) is 0 Å². The van der Waals surface area contributed by atoms with Gasteiger partial charge in [0.2, 0.25) is 0 Å². The number of aromatic nitrogens is 1. The fourth-order valence-corrected chi connectivity index (χ4v) is 4.39. The molecule has 4 aromatic rings. The fraction of sp³-hybridized carbons (Fsp3) is 0.111. The Hall–Kier alpha value is -4.10. The minimum atomic E-state index is -4.99. The zero-order valence-corrected chi connectivity index (χ0v) is 20.0. The number of hydrogen-bond acceptors (Lipinski definition) is 3. The smallest absolute Gasteiger partial charge is 0.303 e. The molecular formula is C27H17F5N2O2S. The predicted octanol–water partition coefficient (Wildman–Crippen LogP) is 6.14. The Balaban J connectivity index is 1.86. The van der Waals surface area contributed by atoms with E-state index in [1.807, 2.05) is 0 Å². The first-order chi connectivity index (χ1) is 17.5. The minimum Gasteiger partial charge on any atom is -0.303 e. The predicted molar refractivity (Wildman–Crippen MR) is 129 cm³/mol. The molecule has 1 unspecified atom stereocenters. The molecule has 0 radical (unpaired) electrons. The Morgan fingerprint density at radius 2 is 1.46 bits per heavy atom. The standard InChI is InChI=1S/C27H17F5N2O2S/c1-37(36)21-10-7-17(8-11-21)16-2-4-18(5-3-16)25-13-23(27(30,31)32)22(14-33)26(35)34(25)15-19-6-9-20(28)12-24(19)29/h2-13H,15H2,1H3. The number of halogens is 5. The maximum absolute atomic E-state index is 14.4. The number of hydrogen-bond donors (Lipinski definition) is 0. The van der Waals surface area contributed by atoms with Gasteiger partial charge < -0.3 is 4.57 Å². The van der Waals surface area contributed by atoms with Crippen molar-refractivity contribution in [1.29, 1.82) is 5.26 Å². The maximum Gasteiger partial charge on any atom is 0.417 e. The van der Waals surface area contributed by atoms with E-state index >= 15 is 0 Å². The molecule has 0 aliphatic carbocycles. The van der Waals surface area contributed by atoms with Crippen molar-refractivity contribution in [3.8, 4) is 28.5 Å². The largest absolute Gasteiger partial charge is 0.417 e. The first-order valence-electron chi connectivity index (χ1n) is 10.7. The van der Waals surface area contributed by atoms with Crippen LogP contribution in [0.3, 0.4) is 0 Å². The summed E-state index contributed by atoms with van der Waals surface area (Å²) in [6.45, 7) is -0.523. The van der Waals surface area contributed by atoms with Gasteiger partial charge >= 0.3 is 6.18 Å². The average Bonchev–Trinajstić information content (AvgIpc) is 2.86. The van der Waals surface area contributed by atoms with E-state index in [4.69, 9.17) is 0 Å². The zero-order valence-electron chi connectivity index (χ0n) is 19.1. The van der Waals surface area contributed by atoms with Gasteiger partial charge in [-0.15, -0.1) is 0 Å². The van der Waals surface area contributed by atoms with Gasteiger partial charge in [0.1, 0.15) is 23.3 Å². The molecule has 0 N–H and O–H groups in total. The van der Waals surface area contributed by atoms with E-state index in [1.165, 1.54) is 18.2 Å². The van der Waals surface area contributed by atoms with Crippen LogP contribution in [-0.4, -0.2) is 15.0 Å². The van der Waals surface area contributed by atoms with Crippen molar-refractivity contribution in [2.75, 3.05) is 6.26 Å². The van der Waals surface area contributed by atoms with E-state index in [2.05, 4.69) is 0 Å². The summed E-state index contributed by atoms with van der Waals surface area (Å²) in [6.07, 6.45) is -3.44. The zero-order chi connectivity index (χ0) is 26.9. The molecule has 188 valence electrons. The molecule has 1 heterocycles. The van der Waals surface area contributed by atoms with Crippen LogP contribution in [0.4, 0.5) is 22.0 Å². The van der Waals surface area contributed by atoms with Crippen LogP contribution in [-0.2, 0) is 23.5 Å². The highest BCUT2D eigenvalue weighted by Gasteiger charge is 2.36. The first kappa shape index (κ1) is 26.0. The van der Waals surface area contributed by atoms with Crippen molar-refractivity contribution < 1.29 is 26.2 Å². The lowest BCUT2D eigenvalue weighted by atomic mass is 10.00. The molecule has 4 rings (SSSR count). The van der Waals surface area contributed by atoms with Crippen molar-refractivity contribution in [1.82, 2.24) is 4.57 Å². The molecule has 0 bridgehead atoms. The number of nitriles is 1. The van der Waals surface area contributed by atoms with Gasteiger partial charge in [-0.3, -0.25) is 9.00 Å². The number of nitrogens with zero attached hydrogens (tertiary/aromatic N) is 2. The van der Waals surface area contributed by atoms with Crippen LogP contribution in [0.1, 0.15) is 16.7 Å². The van der Waals surface area contributed by atoms with E-state index in [9.17, 15) is 36.2 Å². The second kappa shape index (κ2) is 10.1. The minimum absolute atomic E-state index is 0.140. The van der Waals surface area contributed by atoms with Gasteiger partial charge in [-0.25, -0.2) is 8.78 Å². The molecule has 0 spiro atoms.